The highest BCUT2D eigenvalue weighted by atomic mass is 35.5. The van der Waals surface area contributed by atoms with Crippen LogP contribution in [0.1, 0.15) is 39.7 Å². The van der Waals surface area contributed by atoms with Gasteiger partial charge in [-0.2, -0.15) is 0 Å². The zero-order valence-electron chi connectivity index (χ0n) is 12.2. The van der Waals surface area contributed by atoms with E-state index in [4.69, 9.17) is 26.8 Å². The highest BCUT2D eigenvalue weighted by Crippen LogP contribution is 2.34. The molecule has 2 N–H and O–H groups in total. The fourth-order valence-electron chi connectivity index (χ4n) is 1.77. The Balaban J connectivity index is 3.04. The van der Waals surface area contributed by atoms with Gasteiger partial charge in [0.15, 0.2) is 0 Å². The van der Waals surface area contributed by atoms with E-state index in [1.807, 2.05) is 39.8 Å². The fraction of sp³-hybridized carbons (Fsp3) is 0.600. The van der Waals surface area contributed by atoms with E-state index in [0.29, 0.717) is 17.3 Å². The standard InChI is InChI=1S/C15H24ClNO2/c1-10(2)18-14-9-13(16)15(19-11(3)4)8-12(14)6-5-7-17/h8-11H,5-7,17H2,1-4H3. The molecule has 0 radical (unpaired) electrons. The van der Waals surface area contributed by atoms with Crippen LogP contribution < -0.4 is 15.2 Å². The average Bonchev–Trinajstić information content (AvgIpc) is 2.29. The third-order valence-electron chi connectivity index (χ3n) is 2.49. The Kier molecular flexibility index (Phi) is 6.46. The van der Waals surface area contributed by atoms with Crippen molar-refractivity contribution in [1.82, 2.24) is 0 Å². The molecule has 0 amide bonds. The van der Waals surface area contributed by atoms with Crippen LogP contribution in [0.3, 0.4) is 0 Å². The maximum Gasteiger partial charge on any atom is 0.138 e. The van der Waals surface area contributed by atoms with Crippen molar-refractivity contribution in [2.75, 3.05) is 6.54 Å². The molecule has 3 nitrogen and oxygen atoms in total. The molecular weight excluding hydrogens is 262 g/mol. The highest BCUT2D eigenvalue weighted by Gasteiger charge is 2.13. The van der Waals surface area contributed by atoms with Crippen LogP contribution in [0.2, 0.25) is 5.02 Å². The first-order valence-electron chi connectivity index (χ1n) is 6.79. The minimum atomic E-state index is 0.0942. The van der Waals surface area contributed by atoms with Gasteiger partial charge in [0.2, 0.25) is 0 Å². The van der Waals surface area contributed by atoms with Crippen molar-refractivity contribution in [3.8, 4) is 11.5 Å². The van der Waals surface area contributed by atoms with Crippen LogP contribution in [0.5, 0.6) is 11.5 Å². The normalized spacial score (nSPS) is 11.2. The van der Waals surface area contributed by atoms with Crippen molar-refractivity contribution in [2.24, 2.45) is 5.73 Å². The lowest BCUT2D eigenvalue weighted by molar-refractivity contribution is 0.233. The van der Waals surface area contributed by atoms with Crippen molar-refractivity contribution in [3.63, 3.8) is 0 Å². The molecule has 0 unspecified atom stereocenters. The predicted molar refractivity (Wildman–Crippen MR) is 80.4 cm³/mol. The number of hydrogen-bond donors (Lipinski definition) is 1. The lowest BCUT2D eigenvalue weighted by atomic mass is 10.1. The summed E-state index contributed by atoms with van der Waals surface area (Å²) < 4.78 is 11.5. The van der Waals surface area contributed by atoms with Gasteiger partial charge in [0.1, 0.15) is 11.5 Å². The molecule has 1 rings (SSSR count). The molecule has 0 bridgehead atoms. The van der Waals surface area contributed by atoms with Crippen molar-refractivity contribution in [2.45, 2.75) is 52.7 Å². The largest absolute Gasteiger partial charge is 0.491 e. The van der Waals surface area contributed by atoms with Crippen molar-refractivity contribution in [1.29, 1.82) is 0 Å². The summed E-state index contributed by atoms with van der Waals surface area (Å²) in [5, 5.41) is 0.584. The molecule has 0 aliphatic carbocycles. The van der Waals surface area contributed by atoms with Crippen molar-refractivity contribution in [3.05, 3.63) is 22.7 Å². The number of rotatable bonds is 7. The topological polar surface area (TPSA) is 44.5 Å². The number of ether oxygens (including phenoxy) is 2. The molecule has 0 aromatic heterocycles. The summed E-state index contributed by atoms with van der Waals surface area (Å²) in [4.78, 5) is 0. The summed E-state index contributed by atoms with van der Waals surface area (Å²) in [6.45, 7) is 8.62. The Hall–Kier alpha value is -0.930. The first-order chi connectivity index (χ1) is 8.93. The molecule has 108 valence electrons. The quantitative estimate of drug-likeness (QED) is 0.828. The molecular formula is C15H24ClNO2. The van der Waals surface area contributed by atoms with Gasteiger partial charge in [-0.25, -0.2) is 0 Å². The van der Waals surface area contributed by atoms with Gasteiger partial charge in [-0.05, 0) is 58.7 Å². The Bertz CT molecular complexity index is 405. The second-order valence-corrected chi connectivity index (χ2v) is 5.52. The van der Waals surface area contributed by atoms with E-state index >= 15 is 0 Å². The van der Waals surface area contributed by atoms with E-state index in [1.54, 1.807) is 0 Å². The van der Waals surface area contributed by atoms with E-state index in [0.717, 1.165) is 24.2 Å². The molecule has 0 heterocycles. The highest BCUT2D eigenvalue weighted by molar-refractivity contribution is 6.32. The predicted octanol–water partition coefficient (Wildman–Crippen LogP) is 3.81. The van der Waals surface area contributed by atoms with Gasteiger partial charge in [0, 0.05) is 6.07 Å². The van der Waals surface area contributed by atoms with Crippen LogP contribution in [0.25, 0.3) is 0 Å². The lowest BCUT2D eigenvalue weighted by Crippen LogP contribution is -2.10. The molecule has 0 aliphatic rings. The van der Waals surface area contributed by atoms with Crippen LogP contribution >= 0.6 is 11.6 Å². The Morgan fingerprint density at radius 3 is 2.16 bits per heavy atom. The summed E-state index contributed by atoms with van der Waals surface area (Å²) in [5.41, 5.74) is 6.67. The van der Waals surface area contributed by atoms with Crippen molar-refractivity contribution >= 4 is 11.6 Å². The van der Waals surface area contributed by atoms with E-state index in [9.17, 15) is 0 Å². The van der Waals surface area contributed by atoms with Gasteiger partial charge in [0.05, 0.1) is 17.2 Å². The monoisotopic (exact) mass is 285 g/mol. The summed E-state index contributed by atoms with van der Waals surface area (Å²) in [6, 6.07) is 3.81. The van der Waals surface area contributed by atoms with Crippen LogP contribution in [-0.2, 0) is 6.42 Å². The zero-order valence-corrected chi connectivity index (χ0v) is 13.0. The SMILES string of the molecule is CC(C)Oc1cc(CCCN)c(OC(C)C)cc1Cl. The number of nitrogens with two attached hydrogens (primary N) is 1. The zero-order chi connectivity index (χ0) is 14.4. The summed E-state index contributed by atoms with van der Waals surface area (Å²) >= 11 is 6.23. The van der Waals surface area contributed by atoms with E-state index in [1.165, 1.54) is 0 Å². The van der Waals surface area contributed by atoms with Crippen LogP contribution in [-0.4, -0.2) is 18.8 Å². The molecule has 0 saturated carbocycles. The van der Waals surface area contributed by atoms with Gasteiger partial charge < -0.3 is 15.2 Å². The smallest absolute Gasteiger partial charge is 0.138 e. The third kappa shape index (κ3) is 5.29. The fourth-order valence-corrected chi connectivity index (χ4v) is 1.97. The number of aryl methyl sites for hydroxylation is 1. The van der Waals surface area contributed by atoms with Gasteiger partial charge in [-0.1, -0.05) is 11.6 Å². The molecule has 4 heteroatoms. The summed E-state index contributed by atoms with van der Waals surface area (Å²) in [5.74, 6) is 1.53. The minimum Gasteiger partial charge on any atom is -0.491 e. The van der Waals surface area contributed by atoms with Gasteiger partial charge in [0.25, 0.3) is 0 Å². The molecule has 0 spiro atoms. The molecule has 0 aliphatic heterocycles. The first kappa shape index (κ1) is 16.1. The van der Waals surface area contributed by atoms with Gasteiger partial charge in [-0.15, -0.1) is 0 Å². The molecule has 19 heavy (non-hydrogen) atoms. The average molecular weight is 286 g/mol. The Morgan fingerprint density at radius 2 is 1.63 bits per heavy atom. The molecule has 1 aromatic carbocycles. The van der Waals surface area contributed by atoms with E-state index < -0.39 is 0 Å². The van der Waals surface area contributed by atoms with Crippen LogP contribution in [0, 0.1) is 0 Å². The molecule has 0 atom stereocenters. The van der Waals surface area contributed by atoms with E-state index in [2.05, 4.69) is 0 Å². The second kappa shape index (κ2) is 7.61. The molecule has 1 aromatic rings. The van der Waals surface area contributed by atoms with Crippen LogP contribution in [0.15, 0.2) is 12.1 Å². The van der Waals surface area contributed by atoms with Crippen LogP contribution in [0.4, 0.5) is 0 Å². The van der Waals surface area contributed by atoms with Crippen molar-refractivity contribution < 1.29 is 9.47 Å². The van der Waals surface area contributed by atoms with Gasteiger partial charge in [-0.3, -0.25) is 0 Å². The Labute approximate surface area is 121 Å². The molecule has 0 fully saturated rings. The van der Waals surface area contributed by atoms with Gasteiger partial charge >= 0.3 is 0 Å². The summed E-state index contributed by atoms with van der Waals surface area (Å²) in [6.07, 6.45) is 1.99. The minimum absolute atomic E-state index is 0.0942. The number of benzene rings is 1. The number of halogens is 1. The summed E-state index contributed by atoms with van der Waals surface area (Å²) in [7, 11) is 0. The maximum absolute atomic E-state index is 6.23. The van der Waals surface area contributed by atoms with E-state index in [-0.39, 0.29) is 12.2 Å². The second-order valence-electron chi connectivity index (χ2n) is 5.12. The maximum atomic E-state index is 6.23. The number of hydrogen-bond acceptors (Lipinski definition) is 3. The Morgan fingerprint density at radius 1 is 1.05 bits per heavy atom. The molecule has 0 saturated heterocycles. The third-order valence-corrected chi connectivity index (χ3v) is 2.79. The first-order valence-corrected chi connectivity index (χ1v) is 7.17. The lowest BCUT2D eigenvalue weighted by Gasteiger charge is -2.18.